The van der Waals surface area contributed by atoms with E-state index in [1.165, 1.54) is 4.57 Å². The lowest BCUT2D eigenvalue weighted by atomic mass is 10.2. The first-order valence-corrected chi connectivity index (χ1v) is 8.50. The third kappa shape index (κ3) is 4.20. The van der Waals surface area contributed by atoms with Gasteiger partial charge in [-0.3, -0.25) is 0 Å². The molecule has 9 nitrogen and oxygen atoms in total. The maximum Gasteiger partial charge on any atom is 0.332 e. The number of pyridine rings is 1. The molecule has 0 radical (unpaired) electrons. The van der Waals surface area contributed by atoms with Crippen molar-refractivity contribution in [3.63, 3.8) is 0 Å². The summed E-state index contributed by atoms with van der Waals surface area (Å²) < 4.78 is 12.1. The number of amides is 1. The zero-order chi connectivity index (χ0) is 19.2. The van der Waals surface area contributed by atoms with Crippen molar-refractivity contribution in [3.8, 4) is 17.2 Å². The summed E-state index contributed by atoms with van der Waals surface area (Å²) in [6.45, 7) is 2.72. The molecule has 3 aromatic rings. The van der Waals surface area contributed by atoms with Gasteiger partial charge in [0.15, 0.2) is 17.1 Å². The molecule has 1 aliphatic heterocycles. The molecule has 27 heavy (non-hydrogen) atoms. The van der Waals surface area contributed by atoms with E-state index in [1.807, 2.05) is 13.0 Å². The molecule has 1 aliphatic rings. The van der Waals surface area contributed by atoms with Gasteiger partial charge in [0.05, 0.1) is 11.2 Å². The van der Waals surface area contributed by atoms with Crippen LogP contribution in [0.15, 0.2) is 41.3 Å². The van der Waals surface area contributed by atoms with E-state index in [2.05, 4.69) is 15.3 Å². The van der Waals surface area contributed by atoms with E-state index in [0.29, 0.717) is 34.9 Å². The van der Waals surface area contributed by atoms with E-state index in [0.717, 1.165) is 12.8 Å². The van der Waals surface area contributed by atoms with Gasteiger partial charge in [-0.1, -0.05) is 13.3 Å². The van der Waals surface area contributed by atoms with Crippen LogP contribution in [-0.4, -0.2) is 34.0 Å². The maximum atomic E-state index is 12.0. The van der Waals surface area contributed by atoms with Crippen LogP contribution in [0.2, 0.25) is 0 Å². The van der Waals surface area contributed by atoms with Gasteiger partial charge in [-0.15, -0.1) is 0 Å². The minimum atomic E-state index is -1.18. The van der Waals surface area contributed by atoms with Crippen molar-refractivity contribution < 1.29 is 19.4 Å². The van der Waals surface area contributed by atoms with Crippen LogP contribution in [0.25, 0.3) is 16.9 Å². The molecule has 0 fully saturated rings. The van der Waals surface area contributed by atoms with E-state index in [4.69, 9.17) is 9.47 Å². The number of fused-ring (bicyclic) bond motifs is 2. The summed E-state index contributed by atoms with van der Waals surface area (Å²) >= 11 is 0. The molecule has 9 heteroatoms. The average molecular weight is 371 g/mol. The molecule has 142 valence electrons. The number of hydrogen-bond donors (Lipinski definition) is 2. The summed E-state index contributed by atoms with van der Waals surface area (Å²) in [6, 6.07) is 8.95. The second kappa shape index (κ2) is 8.26. The number of H-pyrrole nitrogens is 1. The molecule has 4 rings (SSSR count). The number of imidazole rings is 1. The number of carbonyl (C=O) groups excluding carboxylic acids is 1. The number of carboxylic acid groups (broad SMARTS) is 1. The lowest BCUT2D eigenvalue weighted by Gasteiger charge is -2.03. The summed E-state index contributed by atoms with van der Waals surface area (Å²) in [4.78, 5) is 28.7. The predicted molar refractivity (Wildman–Crippen MR) is 96.1 cm³/mol. The lowest BCUT2D eigenvalue weighted by molar-refractivity contribution is -0.250. The zero-order valence-corrected chi connectivity index (χ0v) is 14.7. The van der Waals surface area contributed by atoms with E-state index < -0.39 is 6.09 Å². The third-order valence-electron chi connectivity index (χ3n) is 3.86. The van der Waals surface area contributed by atoms with Crippen LogP contribution >= 0.6 is 0 Å². The number of unbranched alkanes of at least 4 members (excludes halogenated alkanes) is 1. The van der Waals surface area contributed by atoms with E-state index in [-0.39, 0.29) is 12.5 Å². The predicted octanol–water partition coefficient (Wildman–Crippen LogP) is 1.16. The number of nitrogens with zero attached hydrogens (tertiary/aromatic N) is 2. The molecule has 0 bridgehead atoms. The number of nitrogens with one attached hydrogen (secondary N) is 2. The molecular weight excluding hydrogens is 352 g/mol. The van der Waals surface area contributed by atoms with Gasteiger partial charge in [0.2, 0.25) is 6.79 Å². The minimum absolute atomic E-state index is 0.208. The molecule has 0 saturated heterocycles. The molecule has 0 saturated carbocycles. The van der Waals surface area contributed by atoms with E-state index in [1.54, 1.807) is 30.5 Å². The summed E-state index contributed by atoms with van der Waals surface area (Å²) in [5, 5.41) is 11.8. The van der Waals surface area contributed by atoms with Gasteiger partial charge < -0.3 is 29.7 Å². The number of carbonyl (C=O) groups is 1. The third-order valence-corrected chi connectivity index (χ3v) is 3.86. The Kier molecular flexibility index (Phi) is 5.60. The number of aromatic nitrogens is 3. The van der Waals surface area contributed by atoms with Gasteiger partial charge in [0.25, 0.3) is 0 Å². The van der Waals surface area contributed by atoms with Crippen LogP contribution in [0, 0.1) is 0 Å². The summed E-state index contributed by atoms with van der Waals surface area (Å²) in [6.07, 6.45) is 2.35. The Morgan fingerprint density at radius 1 is 1.33 bits per heavy atom. The largest absolute Gasteiger partial charge is 0.530 e. The van der Waals surface area contributed by atoms with Crippen LogP contribution in [0.4, 0.5) is 4.79 Å². The normalized spacial score (nSPS) is 11.7. The zero-order valence-electron chi connectivity index (χ0n) is 14.7. The number of benzene rings is 1. The molecule has 0 unspecified atom stereocenters. The topological polar surface area (TPSA) is 121 Å². The van der Waals surface area contributed by atoms with Gasteiger partial charge in [0.1, 0.15) is 6.09 Å². The number of rotatable bonds is 4. The van der Waals surface area contributed by atoms with Crippen molar-refractivity contribution in [2.45, 2.75) is 19.8 Å². The standard InChI is InChI=1S/C13H9N3O3.C5H11NO2/c17-13-15-9-2-1-5-14-12(9)16(13)8-3-4-10-11(6-8)19-7-18-10;1-2-3-4-6-5(7)8/h1-6H,7H2,(H,15,17);6H,2-4H2,1H3,(H,7,8)/p-1. The van der Waals surface area contributed by atoms with Crippen LogP contribution in [0.1, 0.15) is 19.8 Å². The molecule has 1 aromatic carbocycles. The average Bonchev–Trinajstić information content (AvgIpc) is 3.24. The fourth-order valence-electron chi connectivity index (χ4n) is 2.57. The lowest BCUT2D eigenvalue weighted by Crippen LogP contribution is -2.36. The van der Waals surface area contributed by atoms with Crippen molar-refractivity contribution in [2.24, 2.45) is 0 Å². The molecule has 2 aromatic heterocycles. The van der Waals surface area contributed by atoms with Crippen molar-refractivity contribution in [1.29, 1.82) is 0 Å². The first kappa shape index (κ1) is 18.3. The van der Waals surface area contributed by atoms with Gasteiger partial charge in [-0.05, 0) is 30.7 Å². The smallest absolute Gasteiger partial charge is 0.332 e. The Hall–Kier alpha value is -3.49. The van der Waals surface area contributed by atoms with Crippen LogP contribution < -0.4 is 25.6 Å². The second-order valence-corrected chi connectivity index (χ2v) is 5.75. The first-order chi connectivity index (χ1) is 13.1. The number of ether oxygens (including phenoxy) is 2. The highest BCUT2D eigenvalue weighted by Crippen LogP contribution is 2.33. The first-order valence-electron chi connectivity index (χ1n) is 8.50. The number of hydrogen-bond acceptors (Lipinski definition) is 6. The molecule has 1 amide bonds. The number of aromatic amines is 1. The Morgan fingerprint density at radius 3 is 2.93 bits per heavy atom. The molecule has 0 atom stereocenters. The van der Waals surface area contributed by atoms with Crippen molar-refractivity contribution in [3.05, 3.63) is 47.0 Å². The Bertz CT molecular complexity index is 995. The summed E-state index contributed by atoms with van der Waals surface area (Å²) in [5.74, 6) is 1.32. The fourth-order valence-corrected chi connectivity index (χ4v) is 2.57. The van der Waals surface area contributed by atoms with E-state index in [9.17, 15) is 14.7 Å². The maximum absolute atomic E-state index is 12.0. The Morgan fingerprint density at radius 2 is 2.15 bits per heavy atom. The summed E-state index contributed by atoms with van der Waals surface area (Å²) in [7, 11) is 0. The molecule has 2 N–H and O–H groups in total. The molecule has 0 spiro atoms. The van der Waals surface area contributed by atoms with Crippen LogP contribution in [-0.2, 0) is 0 Å². The highest BCUT2D eigenvalue weighted by molar-refractivity contribution is 5.73. The van der Waals surface area contributed by atoms with Gasteiger partial charge in [-0.25, -0.2) is 14.3 Å². The Balaban J connectivity index is 0.000000226. The molecular formula is C18H19N4O5-. The minimum Gasteiger partial charge on any atom is -0.530 e. The van der Waals surface area contributed by atoms with Gasteiger partial charge in [-0.2, -0.15) is 0 Å². The molecule has 0 aliphatic carbocycles. The van der Waals surface area contributed by atoms with Gasteiger partial charge in [0, 0.05) is 18.8 Å². The van der Waals surface area contributed by atoms with Gasteiger partial charge >= 0.3 is 5.69 Å². The summed E-state index contributed by atoms with van der Waals surface area (Å²) in [5.41, 5.74) is 1.75. The fraction of sp³-hybridized carbons (Fsp3) is 0.278. The van der Waals surface area contributed by atoms with Crippen molar-refractivity contribution in [1.82, 2.24) is 19.9 Å². The second-order valence-electron chi connectivity index (χ2n) is 5.75. The SMILES string of the molecule is CCCCNC(=O)[O-].O=c1[nH]c2cccnc2n1-c1ccc2c(c1)OCO2. The Labute approximate surface area is 154 Å². The van der Waals surface area contributed by atoms with Crippen LogP contribution in [0.5, 0.6) is 11.5 Å². The highest BCUT2D eigenvalue weighted by Gasteiger charge is 2.16. The van der Waals surface area contributed by atoms with E-state index >= 15 is 0 Å². The molecule has 3 heterocycles. The van der Waals surface area contributed by atoms with Crippen molar-refractivity contribution >= 4 is 17.3 Å². The quantitative estimate of drug-likeness (QED) is 0.664. The van der Waals surface area contributed by atoms with Crippen molar-refractivity contribution in [2.75, 3.05) is 13.3 Å². The monoisotopic (exact) mass is 371 g/mol. The van der Waals surface area contributed by atoms with Crippen LogP contribution in [0.3, 0.4) is 0 Å². The highest BCUT2D eigenvalue weighted by atomic mass is 16.7.